The van der Waals surface area contributed by atoms with Gasteiger partial charge < -0.3 is 15.0 Å². The number of carbonyl (C=O) groups is 1. The zero-order valence-corrected chi connectivity index (χ0v) is 30.6. The van der Waals surface area contributed by atoms with Crippen molar-refractivity contribution in [2.75, 3.05) is 7.11 Å². The fourth-order valence-electron chi connectivity index (χ4n) is 7.45. The van der Waals surface area contributed by atoms with Crippen LogP contribution >= 0.6 is 0 Å². The SMILES string of the molecule is COC(=O)[C@@H]1[C@@H](C#N)[C@H]2C[C@@H]1C1=C2C(C#N)=N/C1=C\c1[n-]c(/C=C2N=C(/C=C3/CC(C)(C)C(C)(C#N)[N-]3)C(C)=C\2C)c(C)c1C.[Zn+2]. The number of carbonyl (C=O) groups excluding carboxylic acids is 1. The van der Waals surface area contributed by atoms with Gasteiger partial charge in [0.25, 0.3) is 0 Å². The summed E-state index contributed by atoms with van der Waals surface area (Å²) < 4.78 is 5.07. The molecule has 228 valence electrons. The fourth-order valence-corrected chi connectivity index (χ4v) is 7.45. The summed E-state index contributed by atoms with van der Waals surface area (Å²) in [6.07, 6.45) is 7.23. The van der Waals surface area contributed by atoms with E-state index in [1.807, 2.05) is 52.8 Å². The van der Waals surface area contributed by atoms with Crippen LogP contribution in [0.5, 0.6) is 0 Å². The number of aromatic nitrogens is 1. The smallest absolute Gasteiger partial charge is 0.670 e. The van der Waals surface area contributed by atoms with Crippen LogP contribution in [0.3, 0.4) is 0 Å². The summed E-state index contributed by atoms with van der Waals surface area (Å²) in [6, 6.07) is 6.90. The fraction of sp³-hybridized carbons (Fsp3) is 0.444. The zero-order valence-electron chi connectivity index (χ0n) is 27.6. The first kappa shape index (κ1) is 33.1. The third-order valence-corrected chi connectivity index (χ3v) is 10.8. The van der Waals surface area contributed by atoms with Gasteiger partial charge in [-0.3, -0.25) is 4.79 Å². The Kier molecular flexibility index (Phi) is 8.25. The topological polar surface area (TPSA) is 151 Å². The second-order valence-corrected chi connectivity index (χ2v) is 13.5. The predicted octanol–water partition coefficient (Wildman–Crippen LogP) is 6.55. The average Bonchev–Trinajstić information content (AvgIpc) is 3.82. The molecule has 0 radical (unpaired) electrons. The molecule has 0 N–H and O–H groups in total. The Balaban J connectivity index is 0.00000417. The number of methoxy groups -OCH3 is 1. The van der Waals surface area contributed by atoms with Crippen LogP contribution < -0.4 is 4.98 Å². The van der Waals surface area contributed by atoms with Gasteiger partial charge in [0.15, 0.2) is 0 Å². The molecule has 1 aromatic heterocycles. The molecule has 1 unspecified atom stereocenters. The Morgan fingerprint density at radius 2 is 1.59 bits per heavy atom. The van der Waals surface area contributed by atoms with Gasteiger partial charge in [0.05, 0.1) is 42.1 Å². The molecule has 2 fully saturated rings. The number of nitrogens with zero attached hydrogens (tertiary/aromatic N) is 7. The first-order valence-corrected chi connectivity index (χ1v) is 15.2. The number of aliphatic imine (C=N–C) groups is 2. The summed E-state index contributed by atoms with van der Waals surface area (Å²) >= 11 is 0. The minimum Gasteiger partial charge on any atom is -0.670 e. The van der Waals surface area contributed by atoms with E-state index in [-0.39, 0.29) is 36.7 Å². The molecular formula is C36H35N7O2Zn. The van der Waals surface area contributed by atoms with Crippen LogP contribution in [0.25, 0.3) is 17.5 Å². The van der Waals surface area contributed by atoms with Crippen molar-refractivity contribution in [1.82, 2.24) is 4.98 Å². The Morgan fingerprint density at radius 3 is 2.15 bits per heavy atom. The monoisotopic (exact) mass is 661 g/mol. The third kappa shape index (κ3) is 4.76. The molecule has 0 amide bonds. The largest absolute Gasteiger partial charge is 2.00 e. The molecule has 9 nitrogen and oxygen atoms in total. The Labute approximate surface area is 283 Å². The molecule has 46 heavy (non-hydrogen) atoms. The number of fused-ring (bicyclic) bond motifs is 4. The van der Waals surface area contributed by atoms with Crippen LogP contribution in [0.4, 0.5) is 0 Å². The molecule has 1 saturated heterocycles. The van der Waals surface area contributed by atoms with E-state index >= 15 is 0 Å². The molecule has 5 aliphatic rings. The van der Waals surface area contributed by atoms with E-state index in [0.29, 0.717) is 24.3 Å². The van der Waals surface area contributed by atoms with Gasteiger partial charge in [-0.2, -0.15) is 21.5 Å². The number of nitriles is 3. The van der Waals surface area contributed by atoms with Gasteiger partial charge in [-0.15, -0.1) is 11.4 Å². The summed E-state index contributed by atoms with van der Waals surface area (Å²) in [5.74, 6) is -1.93. The Bertz CT molecular complexity index is 1930. The van der Waals surface area contributed by atoms with Crippen molar-refractivity contribution in [2.24, 2.45) is 39.1 Å². The number of ether oxygens (including phenoxy) is 1. The van der Waals surface area contributed by atoms with Crippen LogP contribution in [0.1, 0.15) is 70.0 Å². The first-order chi connectivity index (χ1) is 21.3. The molecule has 2 aliphatic carbocycles. The van der Waals surface area contributed by atoms with Crippen molar-refractivity contribution in [3.8, 4) is 18.2 Å². The molecule has 3 aliphatic heterocycles. The minimum atomic E-state index is -0.772. The van der Waals surface area contributed by atoms with Crippen molar-refractivity contribution >= 4 is 29.5 Å². The molecule has 6 rings (SSSR count). The van der Waals surface area contributed by atoms with Crippen molar-refractivity contribution in [3.05, 3.63) is 73.3 Å². The summed E-state index contributed by atoms with van der Waals surface area (Å²) in [6.45, 7) is 14.2. The quantitative estimate of drug-likeness (QED) is 0.263. The van der Waals surface area contributed by atoms with E-state index in [9.17, 15) is 20.6 Å². The van der Waals surface area contributed by atoms with Crippen molar-refractivity contribution in [1.29, 1.82) is 15.8 Å². The molecular weight excluding hydrogens is 628 g/mol. The predicted molar refractivity (Wildman–Crippen MR) is 171 cm³/mol. The van der Waals surface area contributed by atoms with Crippen LogP contribution in [-0.4, -0.2) is 30.0 Å². The summed E-state index contributed by atoms with van der Waals surface area (Å²) in [5.41, 5.74) is 9.79. The second-order valence-electron chi connectivity index (χ2n) is 13.5. The molecule has 1 aromatic rings. The van der Waals surface area contributed by atoms with Gasteiger partial charge in [0.1, 0.15) is 11.8 Å². The van der Waals surface area contributed by atoms with Crippen molar-refractivity contribution < 1.29 is 29.0 Å². The van der Waals surface area contributed by atoms with Gasteiger partial charge in [0, 0.05) is 17.9 Å². The molecule has 0 aromatic carbocycles. The van der Waals surface area contributed by atoms with E-state index < -0.39 is 23.3 Å². The van der Waals surface area contributed by atoms with Crippen LogP contribution in [0.2, 0.25) is 0 Å². The maximum absolute atomic E-state index is 12.7. The summed E-state index contributed by atoms with van der Waals surface area (Å²) in [7, 11) is 1.35. The van der Waals surface area contributed by atoms with E-state index in [1.54, 1.807) is 0 Å². The number of rotatable bonds is 4. The minimum absolute atomic E-state index is 0. The summed E-state index contributed by atoms with van der Waals surface area (Å²) in [5, 5.41) is 34.3. The summed E-state index contributed by atoms with van der Waals surface area (Å²) in [4.78, 5) is 27.3. The van der Waals surface area contributed by atoms with Crippen LogP contribution in [0.15, 0.2) is 55.4 Å². The van der Waals surface area contributed by atoms with E-state index in [0.717, 1.165) is 61.9 Å². The molecule has 10 heteroatoms. The van der Waals surface area contributed by atoms with E-state index in [2.05, 4.69) is 37.0 Å². The molecule has 1 saturated carbocycles. The van der Waals surface area contributed by atoms with Gasteiger partial charge in [0.2, 0.25) is 0 Å². The molecule has 5 atom stereocenters. The molecule has 2 bridgehead atoms. The second kappa shape index (κ2) is 11.5. The first-order valence-electron chi connectivity index (χ1n) is 15.2. The van der Waals surface area contributed by atoms with Gasteiger partial charge in [-0.25, -0.2) is 9.98 Å². The Morgan fingerprint density at radius 1 is 0.935 bits per heavy atom. The third-order valence-electron chi connectivity index (χ3n) is 10.8. The van der Waals surface area contributed by atoms with Crippen LogP contribution in [-0.2, 0) is 29.0 Å². The molecule has 4 heterocycles. The normalized spacial score (nSPS) is 31.4. The molecule has 0 spiro atoms. The van der Waals surface area contributed by atoms with Crippen LogP contribution in [0, 0.1) is 76.9 Å². The number of hydrogen-bond donors (Lipinski definition) is 0. The van der Waals surface area contributed by atoms with Gasteiger partial charge in [-0.1, -0.05) is 50.1 Å². The van der Waals surface area contributed by atoms with Gasteiger partial charge >= 0.3 is 25.4 Å². The number of hydrogen-bond acceptors (Lipinski definition) is 7. The van der Waals surface area contributed by atoms with Crippen molar-refractivity contribution in [2.45, 2.75) is 66.8 Å². The standard InChI is InChI=1S/C36H35N7O2.Zn/c1-17-18(2)26(40-25(17)9-21-13-35(5,6)36(7,16-39)43-21)11-27-19(3)20(4)28(41-27)12-29-33-23-10-22(32(33)30(15-38)42-29)24(14-37)31(23)34(44)45-8;/h9,11-12,22-24,31H,10,13H2,1-8H3;/q-2;+2/t22-,23+,24+,31+,36?;/m1./s1. The van der Waals surface area contributed by atoms with Crippen molar-refractivity contribution in [3.63, 3.8) is 0 Å². The number of allylic oxidation sites excluding steroid dienone is 6. The average molecular weight is 663 g/mol. The maximum Gasteiger partial charge on any atom is 2.00 e. The van der Waals surface area contributed by atoms with Gasteiger partial charge in [-0.05, 0) is 73.8 Å². The van der Waals surface area contributed by atoms with E-state index in [4.69, 9.17) is 20.0 Å². The maximum atomic E-state index is 12.7. The Hall–Kier alpha value is -4.32. The zero-order chi connectivity index (χ0) is 32.6. The van der Waals surface area contributed by atoms with E-state index in [1.165, 1.54) is 7.11 Å². The number of esters is 1.